The van der Waals surface area contributed by atoms with Crippen LogP contribution in [0.1, 0.15) is 5.69 Å². The lowest BCUT2D eigenvalue weighted by Gasteiger charge is -2.02. The standard InChI is InChI=1S/C5H2F4N2/c6-4-1-3(5(7,8)9)10-2-11-4/h1-2H. The summed E-state index contributed by atoms with van der Waals surface area (Å²) >= 11 is 0. The predicted molar refractivity (Wildman–Crippen MR) is 27.0 cm³/mol. The highest BCUT2D eigenvalue weighted by molar-refractivity contribution is 5.03. The first kappa shape index (κ1) is 7.90. The second-order valence-corrected chi connectivity index (χ2v) is 1.72. The molecule has 0 amide bonds. The van der Waals surface area contributed by atoms with Crippen LogP contribution in [0.3, 0.4) is 0 Å². The van der Waals surface area contributed by atoms with E-state index in [2.05, 4.69) is 9.97 Å². The van der Waals surface area contributed by atoms with Gasteiger partial charge in [-0.3, -0.25) is 0 Å². The van der Waals surface area contributed by atoms with E-state index < -0.39 is 17.8 Å². The molecule has 0 aliphatic carbocycles. The monoisotopic (exact) mass is 166 g/mol. The molecule has 1 aromatic heterocycles. The van der Waals surface area contributed by atoms with E-state index in [4.69, 9.17) is 0 Å². The van der Waals surface area contributed by atoms with Crippen molar-refractivity contribution in [3.63, 3.8) is 0 Å². The molecular formula is C5H2F4N2. The van der Waals surface area contributed by atoms with Crippen molar-refractivity contribution in [2.75, 3.05) is 0 Å². The molecule has 6 heteroatoms. The zero-order chi connectivity index (χ0) is 8.48. The van der Waals surface area contributed by atoms with Gasteiger partial charge in [-0.05, 0) is 0 Å². The van der Waals surface area contributed by atoms with Gasteiger partial charge in [0.2, 0.25) is 5.95 Å². The summed E-state index contributed by atoms with van der Waals surface area (Å²) in [5, 5.41) is 0. The van der Waals surface area contributed by atoms with E-state index in [9.17, 15) is 17.6 Å². The molecule has 1 rings (SSSR count). The third kappa shape index (κ3) is 1.86. The Morgan fingerprint density at radius 2 is 1.82 bits per heavy atom. The number of rotatable bonds is 0. The quantitative estimate of drug-likeness (QED) is 0.432. The fourth-order valence-corrected chi connectivity index (χ4v) is 0.489. The maximum absolute atomic E-state index is 12.0. The molecule has 0 aromatic carbocycles. The SMILES string of the molecule is Fc1cc(C(F)(F)F)ncn1. The lowest BCUT2D eigenvalue weighted by Crippen LogP contribution is -2.08. The van der Waals surface area contributed by atoms with Crippen molar-refractivity contribution in [3.8, 4) is 0 Å². The van der Waals surface area contributed by atoms with Crippen LogP contribution in [0.15, 0.2) is 12.4 Å². The second-order valence-electron chi connectivity index (χ2n) is 1.72. The van der Waals surface area contributed by atoms with Crippen LogP contribution in [-0.2, 0) is 6.18 Å². The molecule has 2 nitrogen and oxygen atoms in total. The van der Waals surface area contributed by atoms with Gasteiger partial charge in [-0.25, -0.2) is 9.97 Å². The lowest BCUT2D eigenvalue weighted by molar-refractivity contribution is -0.141. The third-order valence-corrected chi connectivity index (χ3v) is 0.924. The van der Waals surface area contributed by atoms with Gasteiger partial charge in [0.15, 0.2) is 5.69 Å². The highest BCUT2D eigenvalue weighted by Gasteiger charge is 2.32. The van der Waals surface area contributed by atoms with Gasteiger partial charge in [0.1, 0.15) is 6.33 Å². The molecule has 0 saturated carbocycles. The number of halogens is 4. The minimum atomic E-state index is -4.61. The first-order chi connectivity index (χ1) is 5.00. The van der Waals surface area contributed by atoms with Gasteiger partial charge in [-0.2, -0.15) is 17.6 Å². The Balaban J connectivity index is 3.06. The van der Waals surface area contributed by atoms with E-state index in [1.54, 1.807) is 0 Å². The molecule has 11 heavy (non-hydrogen) atoms. The van der Waals surface area contributed by atoms with Crippen LogP contribution in [0.25, 0.3) is 0 Å². The van der Waals surface area contributed by atoms with Gasteiger partial charge in [0.05, 0.1) is 0 Å². The maximum atomic E-state index is 12.0. The minimum absolute atomic E-state index is 0.236. The van der Waals surface area contributed by atoms with Crippen LogP contribution < -0.4 is 0 Å². The molecule has 0 aliphatic heterocycles. The van der Waals surface area contributed by atoms with Crippen LogP contribution in [0.5, 0.6) is 0 Å². The van der Waals surface area contributed by atoms with Crippen molar-refractivity contribution < 1.29 is 17.6 Å². The first-order valence-electron chi connectivity index (χ1n) is 2.55. The molecule has 1 aromatic rings. The summed E-state index contributed by atoms with van der Waals surface area (Å²) in [6.07, 6.45) is -4.08. The molecule has 0 aliphatic rings. The van der Waals surface area contributed by atoms with Crippen LogP contribution in [0.4, 0.5) is 17.6 Å². The molecule has 0 radical (unpaired) electrons. The van der Waals surface area contributed by atoms with Crippen molar-refractivity contribution in [1.29, 1.82) is 0 Å². The van der Waals surface area contributed by atoms with E-state index in [-0.39, 0.29) is 6.07 Å². The van der Waals surface area contributed by atoms with E-state index in [0.717, 1.165) is 0 Å². The van der Waals surface area contributed by atoms with E-state index in [1.165, 1.54) is 0 Å². The molecule has 0 atom stereocenters. The van der Waals surface area contributed by atoms with Crippen molar-refractivity contribution in [3.05, 3.63) is 24.0 Å². The summed E-state index contributed by atoms with van der Waals surface area (Å²) in [5.74, 6) is -1.19. The smallest absolute Gasteiger partial charge is 0.232 e. The summed E-state index contributed by atoms with van der Waals surface area (Å²) in [7, 11) is 0. The van der Waals surface area contributed by atoms with E-state index in [0.29, 0.717) is 6.33 Å². The zero-order valence-electron chi connectivity index (χ0n) is 5.06. The fraction of sp³-hybridized carbons (Fsp3) is 0.200. The van der Waals surface area contributed by atoms with Crippen molar-refractivity contribution in [2.45, 2.75) is 6.18 Å². The highest BCUT2D eigenvalue weighted by atomic mass is 19.4. The Morgan fingerprint density at radius 1 is 1.18 bits per heavy atom. The van der Waals surface area contributed by atoms with Crippen molar-refractivity contribution in [2.24, 2.45) is 0 Å². The summed E-state index contributed by atoms with van der Waals surface area (Å²) in [6, 6.07) is 0.236. The third-order valence-electron chi connectivity index (χ3n) is 0.924. The Hall–Kier alpha value is -1.20. The van der Waals surface area contributed by atoms with Crippen LogP contribution in [0, 0.1) is 5.95 Å². The molecule has 0 fully saturated rings. The molecular weight excluding hydrogens is 164 g/mol. The van der Waals surface area contributed by atoms with Gasteiger partial charge in [-0.1, -0.05) is 0 Å². The number of nitrogens with zero attached hydrogens (tertiary/aromatic N) is 2. The molecule has 60 valence electrons. The Labute approximate surface area is 58.9 Å². The number of hydrogen-bond acceptors (Lipinski definition) is 2. The molecule has 0 N–H and O–H groups in total. The van der Waals surface area contributed by atoms with Gasteiger partial charge in [0.25, 0.3) is 0 Å². The molecule has 0 bridgehead atoms. The highest BCUT2D eigenvalue weighted by Crippen LogP contribution is 2.26. The molecule has 1 heterocycles. The fourth-order valence-electron chi connectivity index (χ4n) is 0.489. The van der Waals surface area contributed by atoms with E-state index >= 15 is 0 Å². The number of aromatic nitrogens is 2. The average Bonchev–Trinajstić information content (AvgIpc) is 1.86. The summed E-state index contributed by atoms with van der Waals surface area (Å²) in [6.45, 7) is 0. The molecule has 0 spiro atoms. The maximum Gasteiger partial charge on any atom is 0.433 e. The Morgan fingerprint density at radius 3 is 2.18 bits per heavy atom. The average molecular weight is 166 g/mol. The minimum Gasteiger partial charge on any atom is -0.232 e. The van der Waals surface area contributed by atoms with Crippen LogP contribution in [-0.4, -0.2) is 9.97 Å². The zero-order valence-corrected chi connectivity index (χ0v) is 5.06. The van der Waals surface area contributed by atoms with Gasteiger partial charge in [-0.15, -0.1) is 0 Å². The summed E-state index contributed by atoms with van der Waals surface area (Å²) in [4.78, 5) is 5.71. The van der Waals surface area contributed by atoms with E-state index in [1.807, 2.05) is 0 Å². The van der Waals surface area contributed by atoms with Gasteiger partial charge >= 0.3 is 6.18 Å². The summed E-state index contributed by atoms with van der Waals surface area (Å²) < 4.78 is 47.2. The predicted octanol–water partition coefficient (Wildman–Crippen LogP) is 1.63. The summed E-state index contributed by atoms with van der Waals surface area (Å²) in [5.41, 5.74) is -1.27. The largest absolute Gasteiger partial charge is 0.433 e. The first-order valence-corrected chi connectivity index (χ1v) is 2.55. The lowest BCUT2D eigenvalue weighted by atomic mass is 10.4. The normalized spacial score (nSPS) is 11.6. The number of alkyl halides is 3. The van der Waals surface area contributed by atoms with Gasteiger partial charge in [0, 0.05) is 6.07 Å². The Kier molecular flexibility index (Phi) is 1.76. The van der Waals surface area contributed by atoms with Crippen molar-refractivity contribution >= 4 is 0 Å². The van der Waals surface area contributed by atoms with Crippen LogP contribution >= 0.6 is 0 Å². The second kappa shape index (κ2) is 2.44. The van der Waals surface area contributed by atoms with Crippen molar-refractivity contribution in [1.82, 2.24) is 9.97 Å². The molecule has 0 saturated heterocycles. The molecule has 0 unspecified atom stereocenters. The van der Waals surface area contributed by atoms with Gasteiger partial charge < -0.3 is 0 Å². The number of hydrogen-bond donors (Lipinski definition) is 0. The topological polar surface area (TPSA) is 25.8 Å². The van der Waals surface area contributed by atoms with Crippen LogP contribution in [0.2, 0.25) is 0 Å². The Bertz CT molecular complexity index is 257.